The maximum Gasteiger partial charge on any atom is 0.323 e. The van der Waals surface area contributed by atoms with Crippen molar-refractivity contribution in [2.45, 2.75) is 20.0 Å². The summed E-state index contributed by atoms with van der Waals surface area (Å²) in [6.45, 7) is 3.78. The van der Waals surface area contributed by atoms with Crippen molar-refractivity contribution >= 4 is 17.6 Å². The Hall–Kier alpha value is -2.44. The fourth-order valence-electron chi connectivity index (χ4n) is 1.67. The van der Waals surface area contributed by atoms with Gasteiger partial charge in [0.05, 0.1) is 6.10 Å². The second-order valence-corrected chi connectivity index (χ2v) is 4.70. The van der Waals surface area contributed by atoms with Crippen LogP contribution in [-0.2, 0) is 0 Å². The Bertz CT molecular complexity index is 620. The molecular formula is C14H18FN5O. The quantitative estimate of drug-likeness (QED) is 0.913. The lowest BCUT2D eigenvalue weighted by atomic mass is 10.3. The van der Waals surface area contributed by atoms with Crippen molar-refractivity contribution in [2.24, 2.45) is 0 Å². The largest absolute Gasteiger partial charge is 0.461 e. The molecule has 0 aliphatic heterocycles. The van der Waals surface area contributed by atoms with Gasteiger partial charge in [0.1, 0.15) is 5.82 Å². The van der Waals surface area contributed by atoms with Crippen molar-refractivity contribution in [3.8, 4) is 6.01 Å². The standard InChI is InChI=1S/C14H18FN5O/c1-9(2)21-14-18-12(16-3)17-13(19-14)20(4)11-7-5-6-10(15)8-11/h5-9H,1-4H3,(H,16,17,18,19). The summed E-state index contributed by atoms with van der Waals surface area (Å²) in [4.78, 5) is 14.3. The van der Waals surface area contributed by atoms with Gasteiger partial charge in [-0.3, -0.25) is 0 Å². The number of halogens is 1. The Kier molecular flexibility index (Phi) is 4.52. The normalized spacial score (nSPS) is 10.6. The number of aromatic nitrogens is 3. The Balaban J connectivity index is 2.37. The summed E-state index contributed by atoms with van der Waals surface area (Å²) in [5.41, 5.74) is 0.638. The van der Waals surface area contributed by atoms with E-state index in [-0.39, 0.29) is 17.9 Å². The average molecular weight is 291 g/mol. The van der Waals surface area contributed by atoms with Crippen LogP contribution in [0.5, 0.6) is 6.01 Å². The van der Waals surface area contributed by atoms with Crippen molar-refractivity contribution in [3.05, 3.63) is 30.1 Å². The van der Waals surface area contributed by atoms with E-state index >= 15 is 0 Å². The SMILES string of the molecule is CNc1nc(OC(C)C)nc(N(C)c2cccc(F)c2)n1. The van der Waals surface area contributed by atoms with E-state index in [1.807, 2.05) is 13.8 Å². The van der Waals surface area contributed by atoms with Crippen LogP contribution >= 0.6 is 0 Å². The molecule has 0 aliphatic rings. The lowest BCUT2D eigenvalue weighted by Crippen LogP contribution is -2.17. The second kappa shape index (κ2) is 6.34. The molecule has 0 atom stereocenters. The van der Waals surface area contributed by atoms with Gasteiger partial charge in [0, 0.05) is 19.8 Å². The zero-order valence-corrected chi connectivity index (χ0v) is 12.5. The molecule has 0 saturated heterocycles. The number of anilines is 3. The molecule has 0 unspecified atom stereocenters. The first kappa shape index (κ1) is 15.0. The number of hydrogen-bond acceptors (Lipinski definition) is 6. The summed E-state index contributed by atoms with van der Waals surface area (Å²) in [6, 6.07) is 6.42. The molecule has 0 saturated carbocycles. The van der Waals surface area contributed by atoms with Crippen LogP contribution in [0.4, 0.5) is 22.0 Å². The number of ether oxygens (including phenoxy) is 1. The average Bonchev–Trinajstić information content (AvgIpc) is 2.45. The molecular weight excluding hydrogens is 273 g/mol. The molecule has 21 heavy (non-hydrogen) atoms. The highest BCUT2D eigenvalue weighted by Gasteiger charge is 2.13. The summed E-state index contributed by atoms with van der Waals surface area (Å²) in [7, 11) is 3.46. The van der Waals surface area contributed by atoms with Gasteiger partial charge in [0.2, 0.25) is 11.9 Å². The smallest absolute Gasteiger partial charge is 0.323 e. The molecule has 7 heteroatoms. The van der Waals surface area contributed by atoms with Crippen LogP contribution in [0.3, 0.4) is 0 Å². The maximum absolute atomic E-state index is 13.3. The summed E-state index contributed by atoms with van der Waals surface area (Å²) in [5, 5.41) is 2.86. The molecule has 0 aliphatic carbocycles. The van der Waals surface area contributed by atoms with Gasteiger partial charge in [-0.05, 0) is 32.0 Å². The van der Waals surface area contributed by atoms with E-state index in [1.165, 1.54) is 12.1 Å². The van der Waals surface area contributed by atoms with Gasteiger partial charge < -0.3 is 15.0 Å². The molecule has 0 spiro atoms. The molecule has 2 rings (SSSR count). The van der Waals surface area contributed by atoms with E-state index in [4.69, 9.17) is 4.74 Å². The fourth-order valence-corrected chi connectivity index (χ4v) is 1.67. The molecule has 0 bridgehead atoms. The molecule has 0 amide bonds. The first-order valence-corrected chi connectivity index (χ1v) is 6.59. The molecule has 0 radical (unpaired) electrons. The summed E-state index contributed by atoms with van der Waals surface area (Å²) < 4.78 is 18.8. The van der Waals surface area contributed by atoms with Crippen LogP contribution in [-0.4, -0.2) is 35.2 Å². The van der Waals surface area contributed by atoms with Gasteiger partial charge in [-0.25, -0.2) is 4.39 Å². The van der Waals surface area contributed by atoms with Crippen LogP contribution in [0.1, 0.15) is 13.8 Å². The lowest BCUT2D eigenvalue weighted by Gasteiger charge is -2.18. The van der Waals surface area contributed by atoms with Gasteiger partial charge >= 0.3 is 6.01 Å². The highest BCUT2D eigenvalue weighted by Crippen LogP contribution is 2.23. The van der Waals surface area contributed by atoms with Gasteiger partial charge in [0.25, 0.3) is 0 Å². The van der Waals surface area contributed by atoms with E-state index in [0.717, 1.165) is 0 Å². The Morgan fingerprint density at radius 2 is 2.00 bits per heavy atom. The predicted molar refractivity (Wildman–Crippen MR) is 79.6 cm³/mol. The summed E-state index contributed by atoms with van der Waals surface area (Å²) in [5.74, 6) is 0.440. The highest BCUT2D eigenvalue weighted by molar-refractivity contribution is 5.57. The van der Waals surface area contributed by atoms with Crippen molar-refractivity contribution < 1.29 is 9.13 Å². The van der Waals surface area contributed by atoms with Gasteiger partial charge in [-0.1, -0.05) is 6.07 Å². The Morgan fingerprint density at radius 1 is 1.24 bits per heavy atom. The van der Waals surface area contributed by atoms with Crippen molar-refractivity contribution in [2.75, 3.05) is 24.3 Å². The van der Waals surface area contributed by atoms with E-state index < -0.39 is 0 Å². The summed E-state index contributed by atoms with van der Waals surface area (Å²) >= 11 is 0. The monoisotopic (exact) mass is 291 g/mol. The third kappa shape index (κ3) is 3.77. The number of benzene rings is 1. The van der Waals surface area contributed by atoms with E-state index in [0.29, 0.717) is 17.6 Å². The minimum atomic E-state index is -0.319. The molecule has 1 heterocycles. The summed E-state index contributed by atoms with van der Waals surface area (Å²) in [6.07, 6.45) is -0.0515. The van der Waals surface area contributed by atoms with Crippen LogP contribution in [0.15, 0.2) is 24.3 Å². The molecule has 0 fully saturated rings. The first-order chi connectivity index (χ1) is 9.99. The molecule has 6 nitrogen and oxygen atoms in total. The number of nitrogens with one attached hydrogen (secondary N) is 1. The minimum absolute atomic E-state index is 0.0515. The zero-order valence-electron chi connectivity index (χ0n) is 12.5. The van der Waals surface area contributed by atoms with Crippen molar-refractivity contribution in [3.63, 3.8) is 0 Å². The van der Waals surface area contributed by atoms with Crippen molar-refractivity contribution in [1.29, 1.82) is 0 Å². The Labute approximate surface area is 123 Å². The van der Waals surface area contributed by atoms with Crippen molar-refractivity contribution in [1.82, 2.24) is 15.0 Å². The maximum atomic E-state index is 13.3. The number of rotatable bonds is 5. The van der Waals surface area contributed by atoms with Crippen LogP contribution in [0, 0.1) is 5.82 Å². The molecule has 1 N–H and O–H groups in total. The minimum Gasteiger partial charge on any atom is -0.461 e. The van der Waals surface area contributed by atoms with Crippen LogP contribution in [0.2, 0.25) is 0 Å². The van der Waals surface area contributed by atoms with Gasteiger partial charge in [-0.15, -0.1) is 0 Å². The number of nitrogens with zero attached hydrogens (tertiary/aromatic N) is 4. The third-order valence-electron chi connectivity index (χ3n) is 2.66. The van der Waals surface area contributed by atoms with E-state index in [1.54, 1.807) is 31.1 Å². The topological polar surface area (TPSA) is 63.2 Å². The third-order valence-corrected chi connectivity index (χ3v) is 2.66. The second-order valence-electron chi connectivity index (χ2n) is 4.70. The van der Waals surface area contributed by atoms with Crippen LogP contribution in [0.25, 0.3) is 0 Å². The fraction of sp³-hybridized carbons (Fsp3) is 0.357. The molecule has 1 aromatic carbocycles. The number of hydrogen-bond donors (Lipinski definition) is 1. The van der Waals surface area contributed by atoms with E-state index in [2.05, 4.69) is 20.3 Å². The molecule has 112 valence electrons. The zero-order chi connectivity index (χ0) is 15.4. The Morgan fingerprint density at radius 3 is 2.62 bits per heavy atom. The van der Waals surface area contributed by atoms with E-state index in [9.17, 15) is 4.39 Å². The lowest BCUT2D eigenvalue weighted by molar-refractivity contribution is 0.222. The molecule has 1 aromatic heterocycles. The van der Waals surface area contributed by atoms with Crippen LogP contribution < -0.4 is 15.0 Å². The highest BCUT2D eigenvalue weighted by atomic mass is 19.1. The molecule has 2 aromatic rings. The van der Waals surface area contributed by atoms with Gasteiger partial charge in [-0.2, -0.15) is 15.0 Å². The predicted octanol–water partition coefficient (Wildman–Crippen LogP) is 2.61. The van der Waals surface area contributed by atoms with Gasteiger partial charge in [0.15, 0.2) is 0 Å². The first-order valence-electron chi connectivity index (χ1n) is 6.59.